The second kappa shape index (κ2) is 6.33. The summed E-state index contributed by atoms with van der Waals surface area (Å²) < 4.78 is 29.4. The summed E-state index contributed by atoms with van der Waals surface area (Å²) in [6.45, 7) is 9.69. The van der Waals surface area contributed by atoms with Gasteiger partial charge in [0.05, 0.1) is 0 Å². The lowest BCUT2D eigenvalue weighted by Gasteiger charge is -2.27. The molecule has 2 nitrogen and oxygen atoms in total. The van der Waals surface area contributed by atoms with Crippen molar-refractivity contribution in [2.45, 2.75) is 52.6 Å². The van der Waals surface area contributed by atoms with E-state index in [9.17, 15) is 8.78 Å². The molecule has 108 valence electrons. The molecule has 0 bridgehead atoms. The maximum atomic E-state index is 12.2. The van der Waals surface area contributed by atoms with Crippen molar-refractivity contribution in [3.63, 3.8) is 0 Å². The van der Waals surface area contributed by atoms with E-state index in [2.05, 4.69) is 33.0 Å². The van der Waals surface area contributed by atoms with Crippen LogP contribution in [0.1, 0.15) is 44.9 Å². The zero-order valence-corrected chi connectivity index (χ0v) is 12.3. The SMILES string of the molecule is Cc1cc(OCC(F)F)cc(C(C)NC(C)(C)C)c1. The monoisotopic (exact) mass is 271 g/mol. The Morgan fingerprint density at radius 3 is 2.37 bits per heavy atom. The second-order valence-electron chi connectivity index (χ2n) is 5.90. The van der Waals surface area contributed by atoms with Crippen molar-refractivity contribution in [2.24, 2.45) is 0 Å². The highest BCUT2D eigenvalue weighted by atomic mass is 19.3. The van der Waals surface area contributed by atoms with Crippen LogP contribution in [0.15, 0.2) is 18.2 Å². The zero-order chi connectivity index (χ0) is 14.6. The molecule has 0 fully saturated rings. The van der Waals surface area contributed by atoms with E-state index in [0.717, 1.165) is 11.1 Å². The molecule has 19 heavy (non-hydrogen) atoms. The smallest absolute Gasteiger partial charge is 0.272 e. The van der Waals surface area contributed by atoms with E-state index in [1.54, 1.807) is 6.07 Å². The molecule has 4 heteroatoms. The first-order valence-corrected chi connectivity index (χ1v) is 6.47. The highest BCUT2D eigenvalue weighted by molar-refractivity contribution is 5.35. The van der Waals surface area contributed by atoms with Crippen LogP contribution in [-0.4, -0.2) is 18.6 Å². The summed E-state index contributed by atoms with van der Waals surface area (Å²) in [4.78, 5) is 0. The molecular weight excluding hydrogens is 248 g/mol. The molecule has 0 aliphatic carbocycles. The molecule has 1 N–H and O–H groups in total. The molecule has 1 rings (SSSR count). The van der Waals surface area contributed by atoms with Gasteiger partial charge < -0.3 is 10.1 Å². The predicted molar refractivity (Wildman–Crippen MR) is 74.0 cm³/mol. The number of aryl methyl sites for hydroxylation is 1. The molecule has 0 aliphatic heterocycles. The highest BCUT2D eigenvalue weighted by Gasteiger charge is 2.16. The van der Waals surface area contributed by atoms with Gasteiger partial charge in [0.1, 0.15) is 12.4 Å². The minimum Gasteiger partial charge on any atom is -0.488 e. The first-order valence-electron chi connectivity index (χ1n) is 6.47. The van der Waals surface area contributed by atoms with Gasteiger partial charge in [-0.05, 0) is 57.9 Å². The van der Waals surface area contributed by atoms with Crippen molar-refractivity contribution >= 4 is 0 Å². The van der Waals surface area contributed by atoms with Gasteiger partial charge in [0.25, 0.3) is 6.43 Å². The first kappa shape index (κ1) is 15.9. The van der Waals surface area contributed by atoms with Gasteiger partial charge in [-0.2, -0.15) is 0 Å². The van der Waals surface area contributed by atoms with Crippen molar-refractivity contribution < 1.29 is 13.5 Å². The Morgan fingerprint density at radius 1 is 1.21 bits per heavy atom. The molecule has 1 atom stereocenters. The number of rotatable bonds is 5. The third-order valence-electron chi connectivity index (χ3n) is 2.60. The normalized spacial score (nSPS) is 13.7. The fourth-order valence-electron chi connectivity index (χ4n) is 2.00. The van der Waals surface area contributed by atoms with Gasteiger partial charge in [0, 0.05) is 11.6 Å². The number of ether oxygens (including phenoxy) is 1. The predicted octanol–water partition coefficient (Wildman–Crippen LogP) is 4.09. The number of alkyl halides is 2. The van der Waals surface area contributed by atoms with Crippen LogP contribution in [0.5, 0.6) is 5.75 Å². The summed E-state index contributed by atoms with van der Waals surface area (Å²) >= 11 is 0. The first-order chi connectivity index (χ1) is 8.67. The summed E-state index contributed by atoms with van der Waals surface area (Å²) in [5, 5.41) is 3.45. The molecule has 0 aromatic heterocycles. The average Bonchev–Trinajstić information content (AvgIpc) is 2.23. The molecule has 0 spiro atoms. The minimum atomic E-state index is -2.45. The number of benzene rings is 1. The Labute approximate surface area is 114 Å². The highest BCUT2D eigenvalue weighted by Crippen LogP contribution is 2.23. The quantitative estimate of drug-likeness (QED) is 0.871. The molecule has 1 unspecified atom stereocenters. The number of hydrogen-bond acceptors (Lipinski definition) is 2. The van der Waals surface area contributed by atoms with Crippen molar-refractivity contribution in [1.82, 2.24) is 5.32 Å². The van der Waals surface area contributed by atoms with Crippen molar-refractivity contribution in [3.8, 4) is 5.75 Å². The van der Waals surface area contributed by atoms with E-state index in [1.807, 2.05) is 19.1 Å². The fourth-order valence-corrected chi connectivity index (χ4v) is 2.00. The Bertz CT molecular complexity index is 413. The largest absolute Gasteiger partial charge is 0.488 e. The number of nitrogens with one attached hydrogen (secondary N) is 1. The standard InChI is InChI=1S/C15H23F2NO/c1-10-6-12(11(2)18-15(3,4)5)8-13(7-10)19-9-14(16)17/h6-8,11,14,18H,9H2,1-5H3. The van der Waals surface area contributed by atoms with Crippen molar-refractivity contribution in [1.29, 1.82) is 0 Å². The lowest BCUT2D eigenvalue weighted by atomic mass is 10.0. The molecular formula is C15H23F2NO. The van der Waals surface area contributed by atoms with E-state index in [1.165, 1.54) is 0 Å². The Hall–Kier alpha value is -1.16. The van der Waals surface area contributed by atoms with E-state index in [4.69, 9.17) is 4.74 Å². The van der Waals surface area contributed by atoms with Crippen LogP contribution in [0, 0.1) is 6.92 Å². The van der Waals surface area contributed by atoms with Crippen molar-refractivity contribution in [3.05, 3.63) is 29.3 Å². The molecule has 0 heterocycles. The topological polar surface area (TPSA) is 21.3 Å². The van der Waals surface area contributed by atoms with Gasteiger partial charge in [0.15, 0.2) is 0 Å². The average molecular weight is 271 g/mol. The Balaban J connectivity index is 2.83. The van der Waals surface area contributed by atoms with Gasteiger partial charge in [-0.3, -0.25) is 0 Å². The van der Waals surface area contributed by atoms with Crippen LogP contribution in [0.2, 0.25) is 0 Å². The van der Waals surface area contributed by atoms with E-state index < -0.39 is 13.0 Å². The maximum absolute atomic E-state index is 12.2. The molecule has 0 amide bonds. The zero-order valence-electron chi connectivity index (χ0n) is 12.3. The molecule has 0 radical (unpaired) electrons. The van der Waals surface area contributed by atoms with Gasteiger partial charge in [-0.1, -0.05) is 6.07 Å². The molecule has 0 saturated carbocycles. The number of halogens is 2. The van der Waals surface area contributed by atoms with Gasteiger partial charge in [0.2, 0.25) is 0 Å². The molecule has 0 saturated heterocycles. The van der Waals surface area contributed by atoms with Gasteiger partial charge in [-0.15, -0.1) is 0 Å². The van der Waals surface area contributed by atoms with E-state index >= 15 is 0 Å². The van der Waals surface area contributed by atoms with Crippen LogP contribution in [-0.2, 0) is 0 Å². The summed E-state index contributed by atoms with van der Waals surface area (Å²) in [5.74, 6) is 0.498. The van der Waals surface area contributed by atoms with Gasteiger partial charge in [-0.25, -0.2) is 8.78 Å². The summed E-state index contributed by atoms with van der Waals surface area (Å²) in [6.07, 6.45) is -2.45. The fraction of sp³-hybridized carbons (Fsp3) is 0.600. The second-order valence-corrected chi connectivity index (χ2v) is 5.90. The lowest BCUT2D eigenvalue weighted by Crippen LogP contribution is -2.37. The van der Waals surface area contributed by atoms with E-state index in [0.29, 0.717) is 5.75 Å². The summed E-state index contributed by atoms with van der Waals surface area (Å²) in [7, 11) is 0. The van der Waals surface area contributed by atoms with Crippen LogP contribution < -0.4 is 10.1 Å². The molecule has 1 aromatic carbocycles. The van der Waals surface area contributed by atoms with Crippen LogP contribution in [0.4, 0.5) is 8.78 Å². The summed E-state index contributed by atoms with van der Waals surface area (Å²) in [6, 6.07) is 5.77. The Kier molecular flexibility index (Phi) is 5.29. The van der Waals surface area contributed by atoms with Crippen LogP contribution >= 0.6 is 0 Å². The lowest BCUT2D eigenvalue weighted by molar-refractivity contribution is 0.0818. The maximum Gasteiger partial charge on any atom is 0.272 e. The minimum absolute atomic E-state index is 0.00679. The Morgan fingerprint density at radius 2 is 1.84 bits per heavy atom. The molecule has 1 aromatic rings. The molecule has 0 aliphatic rings. The van der Waals surface area contributed by atoms with Crippen LogP contribution in [0.25, 0.3) is 0 Å². The van der Waals surface area contributed by atoms with Crippen molar-refractivity contribution in [2.75, 3.05) is 6.61 Å². The van der Waals surface area contributed by atoms with Crippen LogP contribution in [0.3, 0.4) is 0 Å². The third-order valence-corrected chi connectivity index (χ3v) is 2.60. The number of hydrogen-bond donors (Lipinski definition) is 1. The van der Waals surface area contributed by atoms with Gasteiger partial charge >= 0.3 is 0 Å². The van der Waals surface area contributed by atoms with E-state index in [-0.39, 0.29) is 11.6 Å². The summed E-state index contributed by atoms with van der Waals surface area (Å²) in [5.41, 5.74) is 2.04. The third kappa shape index (κ3) is 6.01.